The van der Waals surface area contributed by atoms with E-state index in [9.17, 15) is 0 Å². The number of aromatic nitrogens is 5. The SMILES string of the molecule is COc1ccccc1-n1c(Sc2ccc(C#N)nn2)nnc1-c1cccs1. The Bertz CT molecular complexity index is 1100. The molecule has 0 bridgehead atoms. The fraction of sp³-hybridized carbons (Fsp3) is 0.0556. The van der Waals surface area contributed by atoms with Crippen LogP contribution in [-0.2, 0) is 0 Å². The smallest absolute Gasteiger partial charge is 0.202 e. The molecule has 0 saturated carbocycles. The quantitative estimate of drug-likeness (QED) is 0.510. The van der Waals surface area contributed by atoms with E-state index in [0.717, 1.165) is 16.4 Å². The first kappa shape index (κ1) is 17.2. The van der Waals surface area contributed by atoms with Gasteiger partial charge in [0.25, 0.3) is 0 Å². The highest BCUT2D eigenvalue weighted by Crippen LogP contribution is 2.35. The second-order valence-corrected chi connectivity index (χ2v) is 7.20. The monoisotopic (exact) mass is 392 g/mol. The predicted octanol–water partition coefficient (Wildman–Crippen LogP) is 3.82. The third-order valence-corrected chi connectivity index (χ3v) is 5.39. The second kappa shape index (κ2) is 7.57. The molecule has 3 heterocycles. The molecule has 0 fully saturated rings. The highest BCUT2D eigenvalue weighted by atomic mass is 32.2. The fourth-order valence-corrected chi connectivity index (χ4v) is 3.92. The minimum absolute atomic E-state index is 0.268. The van der Waals surface area contributed by atoms with Crippen molar-refractivity contribution in [2.24, 2.45) is 0 Å². The molecule has 0 amide bonds. The Kier molecular flexibility index (Phi) is 4.82. The van der Waals surface area contributed by atoms with Gasteiger partial charge in [-0.05, 0) is 47.5 Å². The summed E-state index contributed by atoms with van der Waals surface area (Å²) in [5.41, 5.74) is 1.10. The van der Waals surface area contributed by atoms with Crippen LogP contribution in [0.5, 0.6) is 5.75 Å². The molecule has 3 aromatic heterocycles. The Morgan fingerprint density at radius 2 is 1.93 bits per heavy atom. The van der Waals surface area contributed by atoms with Crippen molar-refractivity contribution >= 4 is 23.1 Å². The molecule has 0 atom stereocenters. The van der Waals surface area contributed by atoms with Crippen LogP contribution in [-0.4, -0.2) is 32.1 Å². The van der Waals surface area contributed by atoms with Crippen molar-refractivity contribution in [1.29, 1.82) is 5.26 Å². The standard InChI is InChI=1S/C18H12N6OS2/c1-25-14-6-3-2-5-13(14)24-17(15-7-4-10-26-15)22-23-18(24)27-16-9-8-12(11-19)20-21-16/h2-10H,1H3. The Morgan fingerprint density at radius 3 is 2.63 bits per heavy atom. The third-order valence-electron chi connectivity index (χ3n) is 3.65. The van der Waals surface area contributed by atoms with Crippen molar-refractivity contribution in [2.45, 2.75) is 10.2 Å². The van der Waals surface area contributed by atoms with Crippen LogP contribution in [0.3, 0.4) is 0 Å². The lowest BCUT2D eigenvalue weighted by Gasteiger charge is -2.12. The van der Waals surface area contributed by atoms with E-state index in [1.54, 1.807) is 30.6 Å². The van der Waals surface area contributed by atoms with Gasteiger partial charge < -0.3 is 4.74 Å². The molecule has 0 radical (unpaired) electrons. The maximum absolute atomic E-state index is 8.88. The molecular weight excluding hydrogens is 380 g/mol. The van der Waals surface area contributed by atoms with Crippen LogP contribution in [0.4, 0.5) is 0 Å². The highest BCUT2D eigenvalue weighted by Gasteiger charge is 2.20. The molecule has 4 rings (SSSR count). The Labute approximate surface area is 163 Å². The Morgan fingerprint density at radius 1 is 1.04 bits per heavy atom. The first-order valence-electron chi connectivity index (χ1n) is 7.84. The predicted molar refractivity (Wildman–Crippen MR) is 102 cm³/mol. The number of methoxy groups -OCH3 is 1. The number of thiophene rings is 1. The molecule has 9 heteroatoms. The summed E-state index contributed by atoms with van der Waals surface area (Å²) in [4.78, 5) is 0.992. The fourth-order valence-electron chi connectivity index (χ4n) is 2.46. The number of ether oxygens (including phenoxy) is 1. The van der Waals surface area contributed by atoms with Gasteiger partial charge in [-0.3, -0.25) is 4.57 Å². The van der Waals surface area contributed by atoms with E-state index in [1.165, 1.54) is 11.8 Å². The van der Waals surface area contributed by atoms with Gasteiger partial charge in [0.05, 0.1) is 17.7 Å². The second-order valence-electron chi connectivity index (χ2n) is 5.26. The lowest BCUT2D eigenvalue weighted by molar-refractivity contribution is 0.412. The minimum atomic E-state index is 0.268. The number of benzene rings is 1. The molecule has 4 aromatic rings. The normalized spacial score (nSPS) is 10.5. The summed E-state index contributed by atoms with van der Waals surface area (Å²) in [5.74, 6) is 1.43. The first-order valence-corrected chi connectivity index (χ1v) is 9.54. The topological polar surface area (TPSA) is 89.5 Å². The van der Waals surface area contributed by atoms with E-state index in [2.05, 4.69) is 20.4 Å². The summed E-state index contributed by atoms with van der Waals surface area (Å²) >= 11 is 2.91. The zero-order valence-corrected chi connectivity index (χ0v) is 15.7. The van der Waals surface area contributed by atoms with E-state index < -0.39 is 0 Å². The minimum Gasteiger partial charge on any atom is -0.495 e. The van der Waals surface area contributed by atoms with E-state index >= 15 is 0 Å². The van der Waals surface area contributed by atoms with E-state index in [4.69, 9.17) is 10.00 Å². The summed E-state index contributed by atoms with van der Waals surface area (Å²) in [7, 11) is 1.63. The molecule has 1 aromatic carbocycles. The molecule has 7 nitrogen and oxygen atoms in total. The van der Waals surface area contributed by atoms with Crippen molar-refractivity contribution in [3.63, 3.8) is 0 Å². The molecule has 27 heavy (non-hydrogen) atoms. The number of hydrogen-bond donors (Lipinski definition) is 0. The van der Waals surface area contributed by atoms with E-state index in [0.29, 0.717) is 15.9 Å². The van der Waals surface area contributed by atoms with Crippen LogP contribution in [0.2, 0.25) is 0 Å². The highest BCUT2D eigenvalue weighted by molar-refractivity contribution is 7.99. The number of para-hydroxylation sites is 2. The summed E-state index contributed by atoms with van der Waals surface area (Å²) < 4.78 is 7.47. The van der Waals surface area contributed by atoms with Gasteiger partial charge in [-0.1, -0.05) is 18.2 Å². The van der Waals surface area contributed by atoms with Crippen LogP contribution in [0.25, 0.3) is 16.4 Å². The van der Waals surface area contributed by atoms with Gasteiger partial charge in [0.1, 0.15) is 16.8 Å². The van der Waals surface area contributed by atoms with Crippen molar-refractivity contribution in [1.82, 2.24) is 25.0 Å². The summed E-state index contributed by atoms with van der Waals surface area (Å²) in [6.07, 6.45) is 0. The molecule has 0 spiro atoms. The van der Waals surface area contributed by atoms with Crippen molar-refractivity contribution in [2.75, 3.05) is 7.11 Å². The van der Waals surface area contributed by atoms with Gasteiger partial charge in [-0.25, -0.2) is 0 Å². The van der Waals surface area contributed by atoms with Crippen LogP contribution in [0.15, 0.2) is 64.1 Å². The summed E-state index contributed by atoms with van der Waals surface area (Å²) in [6, 6.07) is 17.0. The van der Waals surface area contributed by atoms with Crippen LogP contribution >= 0.6 is 23.1 Å². The van der Waals surface area contributed by atoms with Crippen LogP contribution in [0.1, 0.15) is 5.69 Å². The zero-order chi connectivity index (χ0) is 18.6. The van der Waals surface area contributed by atoms with Crippen molar-refractivity contribution in [3.05, 3.63) is 59.6 Å². The molecule has 0 unspecified atom stereocenters. The zero-order valence-electron chi connectivity index (χ0n) is 14.1. The van der Waals surface area contributed by atoms with Crippen molar-refractivity contribution in [3.8, 4) is 28.2 Å². The van der Waals surface area contributed by atoms with Gasteiger partial charge in [-0.2, -0.15) is 5.26 Å². The number of rotatable bonds is 5. The van der Waals surface area contributed by atoms with Gasteiger partial charge >= 0.3 is 0 Å². The first-order chi connectivity index (χ1) is 13.3. The Balaban J connectivity index is 1.83. The Hall–Kier alpha value is -3.22. The molecule has 0 aliphatic carbocycles. The molecular formula is C18H12N6OS2. The van der Waals surface area contributed by atoms with Gasteiger partial charge in [0.2, 0.25) is 5.16 Å². The average molecular weight is 392 g/mol. The number of nitriles is 1. The van der Waals surface area contributed by atoms with Gasteiger partial charge in [-0.15, -0.1) is 31.7 Å². The maximum atomic E-state index is 8.88. The van der Waals surface area contributed by atoms with Gasteiger partial charge in [0, 0.05) is 0 Å². The number of hydrogen-bond acceptors (Lipinski definition) is 8. The molecule has 0 aliphatic rings. The molecule has 0 saturated heterocycles. The largest absolute Gasteiger partial charge is 0.495 e. The average Bonchev–Trinajstić information content (AvgIpc) is 3.38. The van der Waals surface area contributed by atoms with Crippen molar-refractivity contribution < 1.29 is 4.74 Å². The lowest BCUT2D eigenvalue weighted by Crippen LogP contribution is -2.02. The summed E-state index contributed by atoms with van der Waals surface area (Å²) in [5, 5.41) is 28.8. The van der Waals surface area contributed by atoms with Crippen LogP contribution in [0, 0.1) is 11.3 Å². The third kappa shape index (κ3) is 3.40. The molecule has 132 valence electrons. The maximum Gasteiger partial charge on any atom is 0.202 e. The number of nitrogens with zero attached hydrogens (tertiary/aromatic N) is 6. The van der Waals surface area contributed by atoms with Gasteiger partial charge in [0.15, 0.2) is 11.5 Å². The van der Waals surface area contributed by atoms with E-state index in [1.807, 2.05) is 52.4 Å². The molecule has 0 N–H and O–H groups in total. The lowest BCUT2D eigenvalue weighted by atomic mass is 10.3. The van der Waals surface area contributed by atoms with Crippen LogP contribution < -0.4 is 4.74 Å². The summed E-state index contributed by atoms with van der Waals surface area (Å²) in [6.45, 7) is 0. The van der Waals surface area contributed by atoms with E-state index in [-0.39, 0.29) is 5.69 Å². The molecule has 0 aliphatic heterocycles.